The molecule has 3 N–H and O–H groups in total. The van der Waals surface area contributed by atoms with Crippen molar-refractivity contribution in [1.29, 1.82) is 0 Å². The summed E-state index contributed by atoms with van der Waals surface area (Å²) in [6.45, 7) is 0.805. The van der Waals surface area contributed by atoms with Crippen molar-refractivity contribution >= 4 is 15.5 Å². The van der Waals surface area contributed by atoms with E-state index in [4.69, 9.17) is 10.5 Å². The number of nitrogens with two attached hydrogens (primary N) is 1. The van der Waals surface area contributed by atoms with Gasteiger partial charge in [0.05, 0.1) is 17.0 Å². The molecule has 20 heavy (non-hydrogen) atoms. The van der Waals surface area contributed by atoms with Gasteiger partial charge in [-0.3, -0.25) is 0 Å². The second-order valence-corrected chi connectivity index (χ2v) is 7.70. The Labute approximate surface area is 119 Å². The maximum Gasteiger partial charge on any atom is 0.175 e. The number of rotatable bonds is 3. The Morgan fingerprint density at radius 2 is 2.00 bits per heavy atom. The molecule has 5 nitrogen and oxygen atoms in total. The maximum atomic E-state index is 11.4. The summed E-state index contributed by atoms with van der Waals surface area (Å²) >= 11 is 0. The lowest BCUT2D eigenvalue weighted by Gasteiger charge is -2.52. The van der Waals surface area contributed by atoms with Crippen LogP contribution in [0, 0.1) is 5.92 Å². The van der Waals surface area contributed by atoms with E-state index >= 15 is 0 Å². The predicted molar refractivity (Wildman–Crippen MR) is 77.4 cm³/mol. The molecule has 1 saturated heterocycles. The first kappa shape index (κ1) is 13.9. The van der Waals surface area contributed by atoms with Gasteiger partial charge in [0.2, 0.25) is 0 Å². The molecule has 4 unspecified atom stereocenters. The summed E-state index contributed by atoms with van der Waals surface area (Å²) < 4.78 is 28.6. The predicted octanol–water partition coefficient (Wildman–Crippen LogP) is 1.01. The quantitative estimate of drug-likeness (QED) is 0.870. The van der Waals surface area contributed by atoms with Crippen LogP contribution >= 0.6 is 0 Å². The van der Waals surface area contributed by atoms with Gasteiger partial charge < -0.3 is 15.8 Å². The number of fused-ring (bicyclic) bond motifs is 1. The van der Waals surface area contributed by atoms with Crippen molar-refractivity contribution in [2.75, 3.05) is 18.2 Å². The number of ether oxygens (including phenoxy) is 1. The van der Waals surface area contributed by atoms with Crippen LogP contribution in [0.25, 0.3) is 0 Å². The van der Waals surface area contributed by atoms with E-state index in [1.165, 1.54) is 6.26 Å². The van der Waals surface area contributed by atoms with Crippen LogP contribution in [0.3, 0.4) is 0 Å². The van der Waals surface area contributed by atoms with E-state index < -0.39 is 9.84 Å². The number of benzene rings is 1. The van der Waals surface area contributed by atoms with Crippen molar-refractivity contribution in [3.8, 4) is 0 Å². The first-order chi connectivity index (χ1) is 9.47. The molecular weight excluding hydrogens is 276 g/mol. The zero-order valence-corrected chi connectivity index (χ0v) is 12.3. The molecule has 0 aromatic heterocycles. The summed E-state index contributed by atoms with van der Waals surface area (Å²) in [7, 11) is -3.15. The molecule has 0 bridgehead atoms. The zero-order chi connectivity index (χ0) is 14.3. The minimum Gasteiger partial charge on any atom is -0.378 e. The lowest BCUT2D eigenvalue weighted by atomic mass is 9.68. The molecule has 6 heteroatoms. The van der Waals surface area contributed by atoms with E-state index in [1.54, 1.807) is 24.3 Å². The van der Waals surface area contributed by atoms with Crippen molar-refractivity contribution in [1.82, 2.24) is 0 Å². The van der Waals surface area contributed by atoms with Gasteiger partial charge in [-0.25, -0.2) is 8.42 Å². The second-order valence-electron chi connectivity index (χ2n) is 5.69. The van der Waals surface area contributed by atoms with Crippen LogP contribution in [-0.2, 0) is 14.6 Å². The van der Waals surface area contributed by atoms with E-state index in [-0.39, 0.29) is 18.2 Å². The molecular formula is C14H20N2O3S. The number of nitrogens with one attached hydrogen (secondary N) is 1. The molecule has 0 spiro atoms. The summed E-state index contributed by atoms with van der Waals surface area (Å²) in [5.74, 6) is 0.455. The van der Waals surface area contributed by atoms with Crippen LogP contribution in [0.2, 0.25) is 0 Å². The number of anilines is 1. The Morgan fingerprint density at radius 3 is 2.65 bits per heavy atom. The summed E-state index contributed by atoms with van der Waals surface area (Å²) in [4.78, 5) is 0.327. The normalized spacial score (nSPS) is 33.1. The number of sulfone groups is 1. The largest absolute Gasteiger partial charge is 0.378 e. The molecule has 110 valence electrons. The van der Waals surface area contributed by atoms with Crippen LogP contribution in [0.5, 0.6) is 0 Å². The van der Waals surface area contributed by atoms with E-state index in [0.717, 1.165) is 25.1 Å². The lowest BCUT2D eigenvalue weighted by molar-refractivity contribution is -0.104. The summed E-state index contributed by atoms with van der Waals surface area (Å²) in [6, 6.07) is 7.00. The highest BCUT2D eigenvalue weighted by Gasteiger charge is 2.50. The minimum absolute atomic E-state index is 0.106. The SMILES string of the molecule is CS(=O)(=O)c1ccc(NC2C(N)C3CCCOC32)cc1. The van der Waals surface area contributed by atoms with Gasteiger partial charge >= 0.3 is 0 Å². The van der Waals surface area contributed by atoms with Gasteiger partial charge in [0.25, 0.3) is 0 Å². The summed E-state index contributed by atoms with van der Waals surface area (Å²) in [6.07, 6.45) is 3.62. The average molecular weight is 296 g/mol. The first-order valence-corrected chi connectivity index (χ1v) is 8.80. The van der Waals surface area contributed by atoms with E-state index in [1.807, 2.05) is 0 Å². The number of hydrogen-bond donors (Lipinski definition) is 2. The second kappa shape index (κ2) is 5.02. The van der Waals surface area contributed by atoms with E-state index in [2.05, 4.69) is 5.32 Å². The van der Waals surface area contributed by atoms with Gasteiger partial charge in [0, 0.05) is 30.5 Å². The highest BCUT2D eigenvalue weighted by Crippen LogP contribution is 2.38. The van der Waals surface area contributed by atoms with E-state index in [0.29, 0.717) is 10.8 Å². The lowest BCUT2D eigenvalue weighted by Crippen LogP contribution is -2.69. The fourth-order valence-corrected chi connectivity index (χ4v) is 3.75. The van der Waals surface area contributed by atoms with Crippen LogP contribution < -0.4 is 11.1 Å². The summed E-state index contributed by atoms with van der Waals surface area (Å²) in [5, 5.41) is 3.36. The van der Waals surface area contributed by atoms with Gasteiger partial charge in [-0.2, -0.15) is 0 Å². The Morgan fingerprint density at radius 1 is 1.30 bits per heavy atom. The van der Waals surface area contributed by atoms with E-state index in [9.17, 15) is 8.42 Å². The Kier molecular flexibility index (Phi) is 3.48. The Hall–Kier alpha value is -1.11. The van der Waals surface area contributed by atoms with Crippen LogP contribution in [-0.4, -0.2) is 39.5 Å². The molecule has 2 fully saturated rings. The van der Waals surface area contributed by atoms with Crippen molar-refractivity contribution in [3.63, 3.8) is 0 Å². The first-order valence-electron chi connectivity index (χ1n) is 6.91. The average Bonchev–Trinajstić information content (AvgIpc) is 2.44. The fourth-order valence-electron chi connectivity index (χ4n) is 3.12. The fraction of sp³-hybridized carbons (Fsp3) is 0.571. The zero-order valence-electron chi connectivity index (χ0n) is 11.5. The van der Waals surface area contributed by atoms with Crippen LogP contribution in [0.4, 0.5) is 5.69 Å². The number of hydrogen-bond acceptors (Lipinski definition) is 5. The molecule has 1 aliphatic heterocycles. The van der Waals surface area contributed by atoms with Gasteiger partial charge in [-0.05, 0) is 37.1 Å². The topological polar surface area (TPSA) is 81.4 Å². The molecule has 1 aliphatic carbocycles. The van der Waals surface area contributed by atoms with Gasteiger partial charge in [0.1, 0.15) is 0 Å². The van der Waals surface area contributed by atoms with Gasteiger partial charge in [-0.1, -0.05) is 0 Å². The van der Waals surface area contributed by atoms with Crippen molar-refractivity contribution in [3.05, 3.63) is 24.3 Å². The molecule has 2 aliphatic rings. The molecule has 4 atom stereocenters. The molecule has 1 aromatic carbocycles. The standard InChI is InChI=1S/C14H20N2O3S/c1-20(17,18)10-6-4-9(5-7-10)16-13-12(15)11-3-2-8-19-14(11)13/h4-7,11-14,16H,2-3,8,15H2,1H3. The molecule has 0 radical (unpaired) electrons. The molecule has 3 rings (SSSR count). The highest BCUT2D eigenvalue weighted by molar-refractivity contribution is 7.90. The third-order valence-corrected chi connectivity index (χ3v) is 5.42. The molecule has 1 heterocycles. The van der Waals surface area contributed by atoms with Crippen LogP contribution in [0.15, 0.2) is 29.2 Å². The Bertz CT molecular complexity index is 585. The Balaban J connectivity index is 1.69. The smallest absolute Gasteiger partial charge is 0.175 e. The summed E-state index contributed by atoms with van der Waals surface area (Å²) in [5.41, 5.74) is 7.07. The monoisotopic (exact) mass is 296 g/mol. The maximum absolute atomic E-state index is 11.4. The van der Waals surface area contributed by atoms with Gasteiger partial charge in [-0.15, -0.1) is 0 Å². The third-order valence-electron chi connectivity index (χ3n) is 4.29. The third kappa shape index (κ3) is 2.43. The minimum atomic E-state index is -3.15. The molecule has 0 amide bonds. The van der Waals surface area contributed by atoms with Crippen molar-refractivity contribution < 1.29 is 13.2 Å². The van der Waals surface area contributed by atoms with Crippen LogP contribution in [0.1, 0.15) is 12.8 Å². The molecule has 1 saturated carbocycles. The van der Waals surface area contributed by atoms with Gasteiger partial charge in [0.15, 0.2) is 9.84 Å². The highest BCUT2D eigenvalue weighted by atomic mass is 32.2. The van der Waals surface area contributed by atoms with Crippen molar-refractivity contribution in [2.45, 2.75) is 35.9 Å². The molecule has 1 aromatic rings. The van der Waals surface area contributed by atoms with Crippen molar-refractivity contribution in [2.24, 2.45) is 11.7 Å².